The molecule has 0 amide bonds. The highest BCUT2D eigenvalue weighted by molar-refractivity contribution is 5.47. The highest BCUT2D eigenvalue weighted by Gasteiger charge is 2.05. The molecule has 21 heavy (non-hydrogen) atoms. The topological polar surface area (TPSA) is 29.3 Å². The van der Waals surface area contributed by atoms with Crippen LogP contribution in [0.2, 0.25) is 0 Å². The predicted molar refractivity (Wildman–Crippen MR) is 80.8 cm³/mol. The first kappa shape index (κ1) is 15.0. The molecule has 0 saturated carbocycles. The van der Waals surface area contributed by atoms with E-state index in [4.69, 9.17) is 5.73 Å². The first-order chi connectivity index (χ1) is 10.1. The van der Waals surface area contributed by atoms with Crippen LogP contribution in [0.25, 0.3) is 0 Å². The minimum absolute atomic E-state index is 0.231. The van der Waals surface area contributed by atoms with Crippen LogP contribution >= 0.6 is 0 Å². The second-order valence-electron chi connectivity index (χ2n) is 4.69. The first-order valence-corrected chi connectivity index (χ1v) is 6.53. The van der Waals surface area contributed by atoms with E-state index in [1.165, 1.54) is 24.3 Å². The number of halogens is 2. The van der Waals surface area contributed by atoms with E-state index in [0.29, 0.717) is 12.1 Å². The molecular formula is C17H16F2N2. The van der Waals surface area contributed by atoms with E-state index in [-0.39, 0.29) is 18.2 Å². The van der Waals surface area contributed by atoms with Gasteiger partial charge in [0.25, 0.3) is 0 Å². The Bertz CT molecular complexity index is 687. The van der Waals surface area contributed by atoms with Crippen LogP contribution in [0.15, 0.2) is 42.5 Å². The van der Waals surface area contributed by atoms with E-state index in [9.17, 15) is 8.78 Å². The van der Waals surface area contributed by atoms with Crippen LogP contribution in [0.1, 0.15) is 11.1 Å². The van der Waals surface area contributed by atoms with Gasteiger partial charge in [-0.2, -0.15) is 0 Å². The minimum Gasteiger partial charge on any atom is -0.370 e. The molecule has 0 spiro atoms. The van der Waals surface area contributed by atoms with Gasteiger partial charge in [-0.05, 0) is 42.0 Å². The number of nitrogens with zero attached hydrogens (tertiary/aromatic N) is 1. The number of rotatable bonds is 3. The van der Waals surface area contributed by atoms with Crippen molar-refractivity contribution < 1.29 is 8.78 Å². The van der Waals surface area contributed by atoms with Gasteiger partial charge in [0.1, 0.15) is 11.6 Å². The molecule has 2 N–H and O–H groups in total. The Hall–Kier alpha value is -2.38. The normalized spacial score (nSPS) is 9.90. The summed E-state index contributed by atoms with van der Waals surface area (Å²) in [6.45, 7) is 0.688. The summed E-state index contributed by atoms with van der Waals surface area (Å²) in [7, 11) is 1.82. The maximum Gasteiger partial charge on any atom is 0.125 e. The van der Waals surface area contributed by atoms with E-state index in [1.54, 1.807) is 12.1 Å². The Morgan fingerprint density at radius 1 is 1.10 bits per heavy atom. The van der Waals surface area contributed by atoms with Gasteiger partial charge in [0.05, 0.1) is 6.54 Å². The van der Waals surface area contributed by atoms with Gasteiger partial charge in [0, 0.05) is 24.8 Å². The Morgan fingerprint density at radius 2 is 1.90 bits per heavy atom. The highest BCUT2D eigenvalue weighted by Crippen LogP contribution is 2.18. The fourth-order valence-electron chi connectivity index (χ4n) is 2.05. The van der Waals surface area contributed by atoms with Crippen molar-refractivity contribution in [1.82, 2.24) is 0 Å². The van der Waals surface area contributed by atoms with Crippen molar-refractivity contribution in [3.05, 3.63) is 65.2 Å². The smallest absolute Gasteiger partial charge is 0.125 e. The zero-order valence-corrected chi connectivity index (χ0v) is 11.7. The van der Waals surface area contributed by atoms with Gasteiger partial charge in [0.2, 0.25) is 0 Å². The number of benzene rings is 2. The van der Waals surface area contributed by atoms with Gasteiger partial charge in [-0.25, -0.2) is 8.78 Å². The number of anilines is 1. The summed E-state index contributed by atoms with van der Waals surface area (Å²) >= 11 is 0. The van der Waals surface area contributed by atoms with Crippen LogP contribution in [0.5, 0.6) is 0 Å². The lowest BCUT2D eigenvalue weighted by Crippen LogP contribution is -2.16. The second-order valence-corrected chi connectivity index (χ2v) is 4.69. The fourth-order valence-corrected chi connectivity index (χ4v) is 2.05. The largest absolute Gasteiger partial charge is 0.370 e. The van der Waals surface area contributed by atoms with E-state index >= 15 is 0 Å². The van der Waals surface area contributed by atoms with Crippen LogP contribution in [0.4, 0.5) is 14.5 Å². The SMILES string of the molecule is CN(Cc1cc(F)cc(C#CCN)c1)c1cccc(F)c1. The average Bonchev–Trinajstić information content (AvgIpc) is 2.44. The van der Waals surface area contributed by atoms with Crippen molar-refractivity contribution in [3.8, 4) is 11.8 Å². The molecule has 108 valence electrons. The van der Waals surface area contributed by atoms with Gasteiger partial charge in [0.15, 0.2) is 0 Å². The maximum atomic E-state index is 13.6. The molecule has 0 aromatic heterocycles. The molecule has 0 unspecified atom stereocenters. The summed E-state index contributed by atoms with van der Waals surface area (Å²) in [4.78, 5) is 1.85. The molecule has 0 bridgehead atoms. The lowest BCUT2D eigenvalue weighted by Gasteiger charge is -2.19. The zero-order valence-electron chi connectivity index (χ0n) is 11.7. The van der Waals surface area contributed by atoms with Crippen molar-refractivity contribution in [2.24, 2.45) is 5.73 Å². The Kier molecular flexibility index (Phi) is 4.91. The molecule has 0 fully saturated rings. The van der Waals surface area contributed by atoms with E-state index in [1.807, 2.05) is 18.0 Å². The van der Waals surface area contributed by atoms with Crippen LogP contribution < -0.4 is 10.6 Å². The summed E-state index contributed by atoms with van der Waals surface area (Å²) in [6, 6.07) is 10.9. The van der Waals surface area contributed by atoms with Crippen molar-refractivity contribution in [1.29, 1.82) is 0 Å². The van der Waals surface area contributed by atoms with Crippen LogP contribution in [-0.4, -0.2) is 13.6 Å². The molecule has 2 rings (SSSR count). The van der Waals surface area contributed by atoms with Crippen molar-refractivity contribution in [2.45, 2.75) is 6.54 Å². The van der Waals surface area contributed by atoms with Crippen LogP contribution in [-0.2, 0) is 6.54 Å². The first-order valence-electron chi connectivity index (χ1n) is 6.53. The summed E-state index contributed by atoms with van der Waals surface area (Å²) in [5.74, 6) is 4.87. The molecule has 4 heteroatoms. The summed E-state index contributed by atoms with van der Waals surface area (Å²) in [5, 5.41) is 0. The maximum absolute atomic E-state index is 13.6. The second kappa shape index (κ2) is 6.87. The van der Waals surface area contributed by atoms with Crippen LogP contribution in [0, 0.1) is 23.5 Å². The van der Waals surface area contributed by atoms with Crippen LogP contribution in [0.3, 0.4) is 0 Å². The van der Waals surface area contributed by atoms with Gasteiger partial charge in [-0.15, -0.1) is 0 Å². The molecule has 0 saturated heterocycles. The zero-order chi connectivity index (χ0) is 15.2. The molecule has 0 heterocycles. The summed E-state index contributed by atoms with van der Waals surface area (Å²) < 4.78 is 26.8. The molecule has 0 aliphatic heterocycles. The van der Waals surface area contributed by atoms with E-state index in [0.717, 1.165) is 11.3 Å². The molecule has 0 atom stereocenters. The third-order valence-corrected chi connectivity index (χ3v) is 2.96. The molecule has 0 aliphatic carbocycles. The third-order valence-electron chi connectivity index (χ3n) is 2.96. The van der Waals surface area contributed by atoms with E-state index < -0.39 is 0 Å². The van der Waals surface area contributed by atoms with Gasteiger partial charge >= 0.3 is 0 Å². The molecular weight excluding hydrogens is 270 g/mol. The molecule has 2 aromatic carbocycles. The standard InChI is InChI=1S/C17H16F2N2/c1-21(17-6-2-5-15(18)11-17)12-14-8-13(4-3-7-20)9-16(19)10-14/h2,5-6,8-11H,7,12,20H2,1H3. The molecule has 2 nitrogen and oxygen atoms in total. The lowest BCUT2D eigenvalue weighted by molar-refractivity contribution is 0.623. The van der Waals surface area contributed by atoms with Gasteiger partial charge in [-0.1, -0.05) is 17.9 Å². The molecule has 0 aliphatic rings. The Labute approximate surface area is 123 Å². The van der Waals surface area contributed by atoms with Crippen molar-refractivity contribution in [3.63, 3.8) is 0 Å². The average molecular weight is 286 g/mol. The third kappa shape index (κ3) is 4.30. The lowest BCUT2D eigenvalue weighted by atomic mass is 10.1. The monoisotopic (exact) mass is 286 g/mol. The van der Waals surface area contributed by atoms with E-state index in [2.05, 4.69) is 11.8 Å². The number of nitrogens with two attached hydrogens (primary N) is 1. The molecule has 0 radical (unpaired) electrons. The Morgan fingerprint density at radius 3 is 2.62 bits per heavy atom. The quantitative estimate of drug-likeness (QED) is 0.879. The van der Waals surface area contributed by atoms with Crippen molar-refractivity contribution in [2.75, 3.05) is 18.5 Å². The molecule has 2 aromatic rings. The minimum atomic E-state index is -0.346. The van der Waals surface area contributed by atoms with Gasteiger partial charge in [-0.3, -0.25) is 0 Å². The Balaban J connectivity index is 2.20. The summed E-state index contributed by atoms with van der Waals surface area (Å²) in [5.41, 5.74) is 7.40. The highest BCUT2D eigenvalue weighted by atomic mass is 19.1. The number of hydrogen-bond acceptors (Lipinski definition) is 2. The predicted octanol–water partition coefficient (Wildman–Crippen LogP) is 2.91. The van der Waals surface area contributed by atoms with Gasteiger partial charge < -0.3 is 10.6 Å². The number of hydrogen-bond donors (Lipinski definition) is 1. The van der Waals surface area contributed by atoms with Crippen molar-refractivity contribution >= 4 is 5.69 Å². The fraction of sp³-hybridized carbons (Fsp3) is 0.176. The summed E-state index contributed by atoms with van der Waals surface area (Å²) in [6.07, 6.45) is 0.